The highest BCUT2D eigenvalue weighted by molar-refractivity contribution is 5.76. The summed E-state index contributed by atoms with van der Waals surface area (Å²) in [7, 11) is 0. The van der Waals surface area contributed by atoms with Gasteiger partial charge in [0.2, 0.25) is 5.88 Å². The number of aromatic nitrogens is 3. The molecule has 0 radical (unpaired) electrons. The SMILES string of the molecule is Cc1nc(OCCCC2CCN(c3nc(C(C)C)no3)CC2)ccc1C=O. The number of aldehydes is 1. The zero-order chi connectivity index (χ0) is 19.2. The van der Waals surface area contributed by atoms with Crippen molar-refractivity contribution in [3.05, 3.63) is 29.2 Å². The molecule has 0 N–H and O–H groups in total. The summed E-state index contributed by atoms with van der Waals surface area (Å²) in [6, 6.07) is 4.16. The van der Waals surface area contributed by atoms with Crippen molar-refractivity contribution >= 4 is 12.3 Å². The molecule has 146 valence electrons. The third-order valence-corrected chi connectivity index (χ3v) is 5.07. The van der Waals surface area contributed by atoms with E-state index in [0.29, 0.717) is 35.7 Å². The lowest BCUT2D eigenvalue weighted by Crippen LogP contribution is -2.34. The summed E-state index contributed by atoms with van der Waals surface area (Å²) >= 11 is 0. The zero-order valence-electron chi connectivity index (χ0n) is 16.4. The predicted octanol–water partition coefficient (Wildman–Crippen LogP) is 3.78. The first-order chi connectivity index (χ1) is 13.1. The maximum absolute atomic E-state index is 10.8. The zero-order valence-corrected chi connectivity index (χ0v) is 16.4. The molecule has 0 bridgehead atoms. The molecule has 1 saturated heterocycles. The average Bonchev–Trinajstić information content (AvgIpc) is 3.16. The summed E-state index contributed by atoms with van der Waals surface area (Å²) in [6.07, 6.45) is 5.21. The van der Waals surface area contributed by atoms with Crippen LogP contribution in [0, 0.1) is 12.8 Å². The second-order valence-corrected chi connectivity index (χ2v) is 7.45. The minimum absolute atomic E-state index is 0.285. The molecular weight excluding hydrogens is 344 g/mol. The van der Waals surface area contributed by atoms with Crippen molar-refractivity contribution < 1.29 is 14.1 Å². The van der Waals surface area contributed by atoms with Gasteiger partial charge in [-0.1, -0.05) is 19.0 Å². The van der Waals surface area contributed by atoms with Gasteiger partial charge in [-0.15, -0.1) is 0 Å². The van der Waals surface area contributed by atoms with Gasteiger partial charge < -0.3 is 14.2 Å². The van der Waals surface area contributed by atoms with Crippen LogP contribution in [0.15, 0.2) is 16.7 Å². The average molecular weight is 372 g/mol. The molecule has 7 heteroatoms. The fraction of sp³-hybridized carbons (Fsp3) is 0.600. The van der Waals surface area contributed by atoms with E-state index >= 15 is 0 Å². The number of carbonyl (C=O) groups is 1. The number of ether oxygens (including phenoxy) is 1. The van der Waals surface area contributed by atoms with Crippen molar-refractivity contribution in [3.63, 3.8) is 0 Å². The van der Waals surface area contributed by atoms with E-state index in [1.807, 2.05) is 6.92 Å². The topological polar surface area (TPSA) is 81.3 Å². The number of nitrogens with zero attached hydrogens (tertiary/aromatic N) is 4. The quantitative estimate of drug-likeness (QED) is 0.515. The Labute approximate surface area is 160 Å². The molecule has 0 atom stereocenters. The number of aryl methyl sites for hydroxylation is 1. The van der Waals surface area contributed by atoms with Crippen LogP contribution in [0.5, 0.6) is 5.88 Å². The van der Waals surface area contributed by atoms with Gasteiger partial charge in [0.25, 0.3) is 0 Å². The van der Waals surface area contributed by atoms with Crippen LogP contribution in [0.25, 0.3) is 0 Å². The minimum atomic E-state index is 0.285. The van der Waals surface area contributed by atoms with Crippen molar-refractivity contribution in [1.29, 1.82) is 0 Å². The van der Waals surface area contributed by atoms with Gasteiger partial charge in [0.1, 0.15) is 0 Å². The summed E-state index contributed by atoms with van der Waals surface area (Å²) in [5.74, 6) is 2.34. The number of hydrogen-bond acceptors (Lipinski definition) is 7. The molecule has 0 aliphatic carbocycles. The van der Waals surface area contributed by atoms with Gasteiger partial charge in [0.05, 0.1) is 12.3 Å². The molecule has 27 heavy (non-hydrogen) atoms. The summed E-state index contributed by atoms with van der Waals surface area (Å²) in [5.41, 5.74) is 1.31. The molecule has 3 heterocycles. The largest absolute Gasteiger partial charge is 0.478 e. The Kier molecular flexibility index (Phi) is 6.42. The molecule has 7 nitrogen and oxygen atoms in total. The van der Waals surface area contributed by atoms with Crippen LogP contribution in [0.1, 0.15) is 67.3 Å². The lowest BCUT2D eigenvalue weighted by atomic mass is 9.92. The van der Waals surface area contributed by atoms with Crippen molar-refractivity contribution in [3.8, 4) is 5.88 Å². The summed E-state index contributed by atoms with van der Waals surface area (Å²) in [6.45, 7) is 8.51. The Morgan fingerprint density at radius 3 is 2.70 bits per heavy atom. The van der Waals surface area contributed by atoms with Crippen molar-refractivity contribution in [2.75, 3.05) is 24.6 Å². The molecule has 2 aromatic heterocycles. The molecule has 1 aliphatic rings. The van der Waals surface area contributed by atoms with E-state index in [-0.39, 0.29) is 5.92 Å². The summed E-state index contributed by atoms with van der Waals surface area (Å²) in [5, 5.41) is 4.05. The van der Waals surface area contributed by atoms with E-state index in [2.05, 4.69) is 33.9 Å². The van der Waals surface area contributed by atoms with Crippen LogP contribution in [0.4, 0.5) is 6.01 Å². The lowest BCUT2D eigenvalue weighted by molar-refractivity contribution is 0.112. The van der Waals surface area contributed by atoms with Crippen LogP contribution in [-0.2, 0) is 0 Å². The Morgan fingerprint density at radius 1 is 1.30 bits per heavy atom. The van der Waals surface area contributed by atoms with Crippen LogP contribution in [0.2, 0.25) is 0 Å². The molecule has 0 amide bonds. The van der Waals surface area contributed by atoms with Crippen molar-refractivity contribution in [1.82, 2.24) is 15.1 Å². The van der Waals surface area contributed by atoms with Gasteiger partial charge in [0.15, 0.2) is 12.1 Å². The van der Waals surface area contributed by atoms with Crippen LogP contribution >= 0.6 is 0 Å². The summed E-state index contributed by atoms with van der Waals surface area (Å²) in [4.78, 5) is 21.8. The van der Waals surface area contributed by atoms with Gasteiger partial charge in [-0.2, -0.15) is 4.98 Å². The molecule has 0 unspecified atom stereocenters. The molecule has 0 aromatic carbocycles. The first-order valence-corrected chi connectivity index (χ1v) is 9.71. The first kappa shape index (κ1) is 19.3. The third-order valence-electron chi connectivity index (χ3n) is 5.07. The monoisotopic (exact) mass is 372 g/mol. The van der Waals surface area contributed by atoms with E-state index in [1.54, 1.807) is 12.1 Å². The Balaban J connectivity index is 1.37. The highest BCUT2D eigenvalue weighted by Gasteiger charge is 2.23. The number of anilines is 1. The Hall–Kier alpha value is -2.44. The van der Waals surface area contributed by atoms with Gasteiger partial charge >= 0.3 is 6.01 Å². The smallest absolute Gasteiger partial charge is 0.324 e. The van der Waals surface area contributed by atoms with Gasteiger partial charge in [-0.3, -0.25) is 4.79 Å². The standard InChI is InChI=1S/C20H28N4O3/c1-14(2)19-22-20(27-23-19)24-10-8-16(9-11-24)5-4-12-26-18-7-6-17(13-25)15(3)21-18/h6-7,13-14,16H,4-5,8-12H2,1-3H3. The highest BCUT2D eigenvalue weighted by Crippen LogP contribution is 2.26. The van der Waals surface area contributed by atoms with Gasteiger partial charge in [-0.05, 0) is 44.6 Å². The Bertz CT molecular complexity index is 751. The maximum atomic E-state index is 10.8. The third kappa shape index (κ3) is 5.05. The van der Waals surface area contributed by atoms with Gasteiger partial charge in [-0.25, -0.2) is 4.98 Å². The van der Waals surface area contributed by atoms with E-state index in [9.17, 15) is 4.79 Å². The molecule has 1 fully saturated rings. The van der Waals surface area contributed by atoms with E-state index in [1.165, 1.54) is 0 Å². The van der Waals surface area contributed by atoms with Crippen LogP contribution in [-0.4, -0.2) is 41.1 Å². The van der Waals surface area contributed by atoms with E-state index in [4.69, 9.17) is 9.26 Å². The van der Waals surface area contributed by atoms with Gasteiger partial charge in [0, 0.05) is 30.6 Å². The molecule has 2 aromatic rings. The summed E-state index contributed by atoms with van der Waals surface area (Å²) < 4.78 is 11.1. The van der Waals surface area contributed by atoms with E-state index in [0.717, 1.165) is 50.9 Å². The molecule has 0 spiro atoms. The predicted molar refractivity (Wildman–Crippen MR) is 102 cm³/mol. The number of piperidine rings is 1. The second-order valence-electron chi connectivity index (χ2n) is 7.45. The maximum Gasteiger partial charge on any atom is 0.324 e. The minimum Gasteiger partial charge on any atom is -0.478 e. The number of hydrogen-bond donors (Lipinski definition) is 0. The normalized spacial score (nSPS) is 15.3. The first-order valence-electron chi connectivity index (χ1n) is 9.71. The lowest BCUT2D eigenvalue weighted by Gasteiger charge is -2.30. The number of carbonyl (C=O) groups excluding carboxylic acids is 1. The van der Waals surface area contributed by atoms with Crippen molar-refractivity contribution in [2.45, 2.75) is 52.4 Å². The fourth-order valence-corrected chi connectivity index (χ4v) is 3.30. The molecular formula is C20H28N4O3. The highest BCUT2D eigenvalue weighted by atomic mass is 16.5. The van der Waals surface area contributed by atoms with Crippen LogP contribution in [0.3, 0.4) is 0 Å². The van der Waals surface area contributed by atoms with Crippen molar-refractivity contribution in [2.24, 2.45) is 5.92 Å². The molecule has 0 saturated carbocycles. The Morgan fingerprint density at radius 2 is 2.07 bits per heavy atom. The number of pyridine rings is 1. The number of rotatable bonds is 8. The molecule has 3 rings (SSSR count). The second kappa shape index (κ2) is 8.97. The molecule has 1 aliphatic heterocycles. The fourth-order valence-electron chi connectivity index (χ4n) is 3.30. The van der Waals surface area contributed by atoms with Crippen LogP contribution < -0.4 is 9.64 Å². The van der Waals surface area contributed by atoms with E-state index < -0.39 is 0 Å².